The number of rotatable bonds is 7. The molecule has 5 rings (SSSR count). The Bertz CT molecular complexity index is 1250. The van der Waals surface area contributed by atoms with Gasteiger partial charge in [0.05, 0.1) is 18.1 Å². The highest BCUT2D eigenvalue weighted by molar-refractivity contribution is 6.31. The molecule has 1 aliphatic carbocycles. The molecule has 2 amide bonds. The van der Waals surface area contributed by atoms with Gasteiger partial charge in [-0.05, 0) is 42.7 Å². The lowest BCUT2D eigenvalue weighted by Crippen LogP contribution is -2.72. The summed E-state index contributed by atoms with van der Waals surface area (Å²) in [5, 5.41) is 7.68. The van der Waals surface area contributed by atoms with Crippen molar-refractivity contribution in [2.45, 2.75) is 56.7 Å². The third-order valence-electron chi connectivity index (χ3n) is 7.15. The van der Waals surface area contributed by atoms with Crippen molar-refractivity contribution >= 4 is 46.1 Å². The van der Waals surface area contributed by atoms with E-state index < -0.39 is 6.04 Å². The number of pyridine rings is 1. The van der Waals surface area contributed by atoms with Gasteiger partial charge in [0.2, 0.25) is 11.8 Å². The van der Waals surface area contributed by atoms with Crippen LogP contribution in [0.25, 0.3) is 17.0 Å². The van der Waals surface area contributed by atoms with E-state index >= 15 is 0 Å². The monoisotopic (exact) mass is 502 g/mol. The Morgan fingerprint density at radius 2 is 1.83 bits per heavy atom. The van der Waals surface area contributed by atoms with E-state index in [1.807, 2.05) is 53.4 Å². The zero-order chi connectivity index (χ0) is 24.9. The van der Waals surface area contributed by atoms with Crippen LogP contribution in [0.2, 0.25) is 5.02 Å². The Kier molecular flexibility index (Phi) is 7.52. The van der Waals surface area contributed by atoms with Crippen molar-refractivity contribution in [1.29, 1.82) is 0 Å². The Labute approximate surface area is 216 Å². The van der Waals surface area contributed by atoms with E-state index in [9.17, 15) is 9.59 Å². The van der Waals surface area contributed by atoms with Crippen LogP contribution in [0.5, 0.6) is 0 Å². The summed E-state index contributed by atoms with van der Waals surface area (Å²) in [4.78, 5) is 32.5. The molecule has 2 aromatic carbocycles. The van der Waals surface area contributed by atoms with Gasteiger partial charge in [-0.3, -0.25) is 14.6 Å². The zero-order valence-corrected chi connectivity index (χ0v) is 21.0. The summed E-state index contributed by atoms with van der Waals surface area (Å²) in [6, 6.07) is 16.9. The highest BCUT2D eigenvalue weighted by atomic mass is 35.5. The van der Waals surface area contributed by atoms with Gasteiger partial charge in [0.1, 0.15) is 6.04 Å². The molecule has 0 radical (unpaired) electrons. The summed E-state index contributed by atoms with van der Waals surface area (Å²) in [6.07, 6.45) is 12.6. The second-order valence-corrected chi connectivity index (χ2v) is 10.0. The van der Waals surface area contributed by atoms with Gasteiger partial charge in [-0.15, -0.1) is 0 Å². The molecule has 2 heterocycles. The molecule has 1 saturated carbocycles. The van der Waals surface area contributed by atoms with E-state index in [4.69, 9.17) is 11.6 Å². The predicted molar refractivity (Wildman–Crippen MR) is 145 cm³/mol. The fourth-order valence-electron chi connectivity index (χ4n) is 5.29. The van der Waals surface area contributed by atoms with Crippen molar-refractivity contribution < 1.29 is 9.59 Å². The Morgan fingerprint density at radius 1 is 1.06 bits per heavy atom. The van der Waals surface area contributed by atoms with Crippen molar-refractivity contribution in [3.63, 3.8) is 0 Å². The molecule has 36 heavy (non-hydrogen) atoms. The summed E-state index contributed by atoms with van der Waals surface area (Å²) < 4.78 is 0. The number of hydrogen-bond acceptors (Lipinski definition) is 4. The number of carbonyl (C=O) groups is 2. The molecule has 0 unspecified atom stereocenters. The SMILES string of the molecule is O=C(CNc1ccnc2cc(Cl)ccc12)N[C@H]1C(=O)N(C2CCCCCC2)[C@H]1/C=C/c1ccccc1. The van der Waals surface area contributed by atoms with Crippen LogP contribution in [-0.2, 0) is 9.59 Å². The number of hydrogen-bond donors (Lipinski definition) is 2. The average molecular weight is 503 g/mol. The van der Waals surface area contributed by atoms with Gasteiger partial charge in [-0.1, -0.05) is 79.8 Å². The van der Waals surface area contributed by atoms with Gasteiger partial charge in [-0.25, -0.2) is 0 Å². The molecule has 2 atom stereocenters. The molecule has 7 heteroatoms. The van der Waals surface area contributed by atoms with Crippen LogP contribution in [-0.4, -0.2) is 46.4 Å². The minimum absolute atomic E-state index is 0.0157. The Hall–Kier alpha value is -3.38. The van der Waals surface area contributed by atoms with Gasteiger partial charge in [-0.2, -0.15) is 0 Å². The van der Waals surface area contributed by atoms with Crippen molar-refractivity contribution in [2.75, 3.05) is 11.9 Å². The van der Waals surface area contributed by atoms with Crippen molar-refractivity contribution in [2.24, 2.45) is 0 Å². The molecule has 2 aliphatic rings. The van der Waals surface area contributed by atoms with Gasteiger partial charge in [0.15, 0.2) is 0 Å². The number of β-lactam (4-membered cyclic amide) rings is 1. The maximum Gasteiger partial charge on any atom is 0.248 e. The van der Waals surface area contributed by atoms with Crippen LogP contribution in [0.15, 0.2) is 66.9 Å². The van der Waals surface area contributed by atoms with Crippen molar-refractivity contribution in [1.82, 2.24) is 15.2 Å². The maximum atomic E-state index is 13.2. The number of amides is 2. The first-order chi connectivity index (χ1) is 17.6. The highest BCUT2D eigenvalue weighted by Gasteiger charge is 2.49. The number of benzene rings is 2. The van der Waals surface area contributed by atoms with Crippen LogP contribution in [0.4, 0.5) is 5.69 Å². The fraction of sp³-hybridized carbons (Fsp3) is 0.345. The number of aromatic nitrogens is 1. The van der Waals surface area contributed by atoms with E-state index in [2.05, 4.69) is 21.7 Å². The smallest absolute Gasteiger partial charge is 0.248 e. The quantitative estimate of drug-likeness (QED) is 0.333. The van der Waals surface area contributed by atoms with Gasteiger partial charge in [0.25, 0.3) is 0 Å². The number of likely N-dealkylation sites (tertiary alicyclic amines) is 1. The molecule has 2 fully saturated rings. The summed E-state index contributed by atoms with van der Waals surface area (Å²) in [5.41, 5.74) is 2.63. The first-order valence-corrected chi connectivity index (χ1v) is 13.1. The van der Waals surface area contributed by atoms with Crippen LogP contribution in [0, 0.1) is 0 Å². The first-order valence-electron chi connectivity index (χ1n) is 12.7. The van der Waals surface area contributed by atoms with E-state index in [1.54, 1.807) is 18.3 Å². The molecule has 186 valence electrons. The van der Waals surface area contributed by atoms with E-state index in [1.165, 1.54) is 12.8 Å². The van der Waals surface area contributed by atoms with E-state index in [0.29, 0.717) is 5.02 Å². The lowest BCUT2D eigenvalue weighted by molar-refractivity contribution is -0.154. The average Bonchev–Trinajstić information content (AvgIpc) is 3.17. The molecular formula is C29H31ClN4O2. The largest absolute Gasteiger partial charge is 0.376 e. The fourth-order valence-corrected chi connectivity index (χ4v) is 5.46. The Morgan fingerprint density at radius 3 is 2.61 bits per heavy atom. The predicted octanol–water partition coefficient (Wildman–Crippen LogP) is 5.43. The van der Waals surface area contributed by atoms with Crippen molar-refractivity contribution in [3.8, 4) is 0 Å². The Balaban J connectivity index is 1.28. The van der Waals surface area contributed by atoms with E-state index in [-0.39, 0.29) is 30.4 Å². The maximum absolute atomic E-state index is 13.2. The minimum Gasteiger partial charge on any atom is -0.376 e. The zero-order valence-electron chi connectivity index (χ0n) is 20.2. The number of nitrogens with one attached hydrogen (secondary N) is 2. The first kappa shape index (κ1) is 24.3. The second-order valence-electron chi connectivity index (χ2n) is 9.57. The molecule has 1 aliphatic heterocycles. The van der Waals surface area contributed by atoms with Crippen LogP contribution < -0.4 is 10.6 Å². The number of anilines is 1. The normalized spacial score (nSPS) is 20.8. The van der Waals surface area contributed by atoms with Crippen molar-refractivity contribution in [3.05, 3.63) is 77.5 Å². The summed E-state index contributed by atoms with van der Waals surface area (Å²) in [5.74, 6) is -0.201. The van der Waals surface area contributed by atoms with Gasteiger partial charge < -0.3 is 15.5 Å². The molecule has 3 aromatic rings. The lowest BCUT2D eigenvalue weighted by atomic mass is 9.89. The van der Waals surface area contributed by atoms with Crippen LogP contribution in [0.3, 0.4) is 0 Å². The number of carbonyl (C=O) groups excluding carboxylic acids is 2. The summed E-state index contributed by atoms with van der Waals surface area (Å²) >= 11 is 6.08. The molecule has 1 aromatic heterocycles. The summed E-state index contributed by atoms with van der Waals surface area (Å²) in [6.45, 7) is 0.0596. The third-order valence-corrected chi connectivity index (χ3v) is 7.38. The summed E-state index contributed by atoms with van der Waals surface area (Å²) in [7, 11) is 0. The molecule has 0 spiro atoms. The van der Waals surface area contributed by atoms with Crippen LogP contribution >= 0.6 is 11.6 Å². The molecule has 2 N–H and O–H groups in total. The third kappa shape index (κ3) is 5.39. The number of nitrogens with zero attached hydrogens (tertiary/aromatic N) is 2. The lowest BCUT2D eigenvalue weighted by Gasteiger charge is -2.50. The number of fused-ring (bicyclic) bond motifs is 1. The standard InChI is InChI=1S/C29H31ClN4O2/c30-21-13-14-23-24(16-17-31-25(23)18-21)32-19-27(35)33-28-26(15-12-20-8-4-3-5-9-20)34(29(28)36)22-10-6-1-2-7-11-22/h3-5,8-9,12-18,22,26,28H,1-2,6-7,10-11,19H2,(H,31,32)(H,33,35)/b15-12+/t26-,28+/m0/s1. The van der Waals surface area contributed by atoms with E-state index in [0.717, 1.165) is 47.8 Å². The molecular weight excluding hydrogens is 472 g/mol. The highest BCUT2D eigenvalue weighted by Crippen LogP contribution is 2.32. The minimum atomic E-state index is -0.546. The molecule has 1 saturated heterocycles. The molecule has 6 nitrogen and oxygen atoms in total. The molecule has 0 bridgehead atoms. The number of halogens is 1. The van der Waals surface area contributed by atoms with Crippen LogP contribution in [0.1, 0.15) is 44.1 Å². The topological polar surface area (TPSA) is 74.3 Å². The van der Waals surface area contributed by atoms with Gasteiger partial charge >= 0.3 is 0 Å². The second kappa shape index (κ2) is 11.1. The van der Waals surface area contributed by atoms with Gasteiger partial charge in [0, 0.05) is 28.3 Å².